The summed E-state index contributed by atoms with van der Waals surface area (Å²) in [6, 6.07) is 15.7. The number of nitrogens with one attached hydrogen (secondary N) is 1. The molecule has 5 nitrogen and oxygen atoms in total. The maximum atomic E-state index is 11.6. The van der Waals surface area contributed by atoms with Crippen molar-refractivity contribution in [2.75, 3.05) is 6.54 Å². The van der Waals surface area contributed by atoms with Crippen molar-refractivity contribution in [2.45, 2.75) is 6.42 Å². The van der Waals surface area contributed by atoms with Crippen LogP contribution in [0.4, 0.5) is 0 Å². The van der Waals surface area contributed by atoms with E-state index in [1.165, 1.54) is 0 Å². The summed E-state index contributed by atoms with van der Waals surface area (Å²) in [4.78, 5) is 19.2. The molecule has 3 aromatic rings. The van der Waals surface area contributed by atoms with Crippen LogP contribution in [0, 0.1) is 0 Å². The van der Waals surface area contributed by atoms with E-state index in [0.29, 0.717) is 18.5 Å². The molecule has 0 unspecified atom stereocenters. The number of primary amides is 1. The number of rotatable bonds is 6. The Hall–Kier alpha value is -3.18. The Morgan fingerprint density at radius 3 is 2.64 bits per heavy atom. The minimum atomic E-state index is -0.454. The van der Waals surface area contributed by atoms with Crippen LogP contribution >= 0.6 is 0 Å². The van der Waals surface area contributed by atoms with Gasteiger partial charge in [0, 0.05) is 29.6 Å². The molecule has 0 saturated carbocycles. The van der Waals surface area contributed by atoms with Gasteiger partial charge < -0.3 is 16.5 Å². The Labute approximate surface area is 146 Å². The van der Waals surface area contributed by atoms with Gasteiger partial charge in [-0.3, -0.25) is 9.78 Å². The number of nitrogens with zero attached hydrogens (tertiary/aromatic N) is 1. The van der Waals surface area contributed by atoms with Crippen LogP contribution in [0.3, 0.4) is 0 Å². The lowest BCUT2D eigenvalue weighted by Gasteiger charge is -2.00. The number of aromatic amines is 1. The minimum absolute atomic E-state index is 0.446. The third kappa shape index (κ3) is 4.02. The molecule has 1 amide bonds. The van der Waals surface area contributed by atoms with Crippen LogP contribution in [0.2, 0.25) is 0 Å². The van der Waals surface area contributed by atoms with Gasteiger partial charge >= 0.3 is 0 Å². The molecule has 0 aliphatic carbocycles. The van der Waals surface area contributed by atoms with E-state index in [-0.39, 0.29) is 0 Å². The third-order valence-electron chi connectivity index (χ3n) is 3.90. The Morgan fingerprint density at radius 2 is 1.92 bits per heavy atom. The minimum Gasteiger partial charge on any atom is -0.366 e. The van der Waals surface area contributed by atoms with Crippen molar-refractivity contribution in [1.29, 1.82) is 0 Å². The lowest BCUT2D eigenvalue weighted by atomic mass is 10.1. The zero-order valence-electron chi connectivity index (χ0n) is 13.8. The van der Waals surface area contributed by atoms with E-state index in [9.17, 15) is 4.79 Å². The van der Waals surface area contributed by atoms with E-state index in [4.69, 9.17) is 11.5 Å². The predicted molar refractivity (Wildman–Crippen MR) is 101 cm³/mol. The van der Waals surface area contributed by atoms with E-state index in [1.54, 1.807) is 12.3 Å². The molecule has 0 aliphatic heterocycles. The number of H-pyrrole nitrogens is 1. The summed E-state index contributed by atoms with van der Waals surface area (Å²) in [5.41, 5.74) is 16.0. The molecule has 0 fully saturated rings. The van der Waals surface area contributed by atoms with Crippen molar-refractivity contribution in [1.82, 2.24) is 9.97 Å². The Kier molecular flexibility index (Phi) is 5.06. The fraction of sp³-hybridized carbons (Fsp3) is 0.100. The highest BCUT2D eigenvalue weighted by atomic mass is 16.1. The predicted octanol–water partition coefficient (Wildman–Crippen LogP) is 2.85. The summed E-state index contributed by atoms with van der Waals surface area (Å²) in [6.45, 7) is 0.446. The zero-order valence-corrected chi connectivity index (χ0v) is 13.8. The van der Waals surface area contributed by atoms with Gasteiger partial charge in [-0.2, -0.15) is 0 Å². The van der Waals surface area contributed by atoms with Gasteiger partial charge in [0.25, 0.3) is 5.91 Å². The molecule has 2 heterocycles. The summed E-state index contributed by atoms with van der Waals surface area (Å²) >= 11 is 0. The van der Waals surface area contributed by atoms with Gasteiger partial charge in [0.2, 0.25) is 0 Å². The third-order valence-corrected chi connectivity index (χ3v) is 3.90. The second kappa shape index (κ2) is 7.59. The van der Waals surface area contributed by atoms with Gasteiger partial charge in [0.1, 0.15) is 0 Å². The Bertz CT molecular complexity index is 897. The zero-order chi connectivity index (χ0) is 17.6. The van der Waals surface area contributed by atoms with Crippen molar-refractivity contribution in [3.63, 3.8) is 0 Å². The molecule has 3 rings (SSSR count). The number of aromatic nitrogens is 2. The van der Waals surface area contributed by atoms with Crippen molar-refractivity contribution >= 4 is 18.1 Å². The van der Waals surface area contributed by atoms with Crippen LogP contribution in [0.1, 0.15) is 27.3 Å². The number of hydrogen-bond acceptors (Lipinski definition) is 3. The van der Waals surface area contributed by atoms with Crippen molar-refractivity contribution in [2.24, 2.45) is 11.5 Å². The summed E-state index contributed by atoms with van der Waals surface area (Å²) in [5, 5.41) is 0. The molecule has 25 heavy (non-hydrogen) atoms. The largest absolute Gasteiger partial charge is 0.366 e. The van der Waals surface area contributed by atoms with Crippen LogP contribution in [0.25, 0.3) is 23.4 Å². The molecule has 0 bridgehead atoms. The van der Waals surface area contributed by atoms with Crippen LogP contribution in [-0.4, -0.2) is 22.4 Å². The summed E-state index contributed by atoms with van der Waals surface area (Å²) in [6.07, 6.45) is 6.28. The average molecular weight is 332 g/mol. The first-order valence-corrected chi connectivity index (χ1v) is 8.08. The molecule has 126 valence electrons. The van der Waals surface area contributed by atoms with E-state index in [2.05, 4.69) is 9.97 Å². The monoisotopic (exact) mass is 332 g/mol. The number of benzene rings is 1. The number of carbonyl (C=O) groups excluding carboxylic acids is 1. The highest BCUT2D eigenvalue weighted by Gasteiger charge is 2.13. The number of carbonyl (C=O) groups is 1. The highest BCUT2D eigenvalue weighted by Crippen LogP contribution is 2.23. The maximum absolute atomic E-state index is 11.6. The first kappa shape index (κ1) is 16.7. The second-order valence-electron chi connectivity index (χ2n) is 5.69. The van der Waals surface area contributed by atoms with E-state index >= 15 is 0 Å². The van der Waals surface area contributed by atoms with Crippen molar-refractivity contribution in [3.8, 4) is 11.3 Å². The first-order chi connectivity index (χ1) is 12.2. The van der Waals surface area contributed by atoms with Gasteiger partial charge in [-0.1, -0.05) is 36.4 Å². The smallest absolute Gasteiger partial charge is 0.250 e. The summed E-state index contributed by atoms with van der Waals surface area (Å²) < 4.78 is 0. The molecule has 0 atom stereocenters. The molecule has 0 saturated heterocycles. The molecule has 0 aliphatic rings. The topological polar surface area (TPSA) is 97.8 Å². The van der Waals surface area contributed by atoms with Crippen LogP contribution in [0.5, 0.6) is 0 Å². The van der Waals surface area contributed by atoms with Gasteiger partial charge in [0.05, 0.1) is 11.3 Å². The Balaban J connectivity index is 1.90. The van der Waals surface area contributed by atoms with E-state index in [1.807, 2.05) is 54.6 Å². The molecule has 2 aromatic heterocycles. The fourth-order valence-electron chi connectivity index (χ4n) is 2.67. The molecule has 0 spiro atoms. The Morgan fingerprint density at radius 1 is 1.12 bits per heavy atom. The normalized spacial score (nSPS) is 11.1. The van der Waals surface area contributed by atoms with Gasteiger partial charge in [0.15, 0.2) is 0 Å². The molecule has 5 heteroatoms. The summed E-state index contributed by atoms with van der Waals surface area (Å²) in [5.74, 6) is -0.454. The maximum Gasteiger partial charge on any atom is 0.250 e. The quantitative estimate of drug-likeness (QED) is 0.647. The van der Waals surface area contributed by atoms with Gasteiger partial charge in [-0.25, -0.2) is 0 Å². The number of hydrogen-bond donors (Lipinski definition) is 3. The van der Waals surface area contributed by atoms with Crippen LogP contribution < -0.4 is 11.5 Å². The van der Waals surface area contributed by atoms with Crippen LogP contribution in [0.15, 0.2) is 54.7 Å². The fourth-order valence-corrected chi connectivity index (χ4v) is 2.67. The van der Waals surface area contributed by atoms with Crippen LogP contribution in [-0.2, 0) is 6.42 Å². The summed E-state index contributed by atoms with van der Waals surface area (Å²) in [7, 11) is 0. The molecular weight excluding hydrogens is 312 g/mol. The SMILES string of the molecule is NCCc1[nH]c(-c2ccnc(C=Cc3ccccc3)c2)cc1C(N)=O. The van der Waals surface area contributed by atoms with E-state index < -0.39 is 5.91 Å². The standard InChI is InChI=1S/C20H20N4O/c21-10-8-18-17(20(22)25)13-19(24-18)15-9-11-23-16(12-15)7-6-14-4-2-1-3-5-14/h1-7,9,11-13,24H,8,10,21H2,(H2,22,25). The first-order valence-electron chi connectivity index (χ1n) is 8.08. The van der Waals surface area contributed by atoms with Crippen molar-refractivity contribution < 1.29 is 4.79 Å². The average Bonchev–Trinajstić information content (AvgIpc) is 3.06. The van der Waals surface area contributed by atoms with Crippen molar-refractivity contribution in [3.05, 3.63) is 77.2 Å². The highest BCUT2D eigenvalue weighted by molar-refractivity contribution is 5.95. The second-order valence-corrected chi connectivity index (χ2v) is 5.69. The number of nitrogens with two attached hydrogens (primary N) is 2. The number of amides is 1. The van der Waals surface area contributed by atoms with E-state index in [0.717, 1.165) is 28.2 Å². The van der Waals surface area contributed by atoms with Gasteiger partial charge in [-0.15, -0.1) is 0 Å². The molecule has 0 radical (unpaired) electrons. The lowest BCUT2D eigenvalue weighted by Crippen LogP contribution is -2.14. The molecule has 5 N–H and O–H groups in total. The number of pyridine rings is 1. The molecule has 1 aromatic carbocycles. The lowest BCUT2D eigenvalue weighted by molar-refractivity contribution is 0.0999. The van der Waals surface area contributed by atoms with Gasteiger partial charge in [-0.05, 0) is 36.4 Å². The molecular formula is C20H20N4O.